The fourth-order valence-electron chi connectivity index (χ4n) is 2.50. The Bertz CT molecular complexity index is 797. The summed E-state index contributed by atoms with van der Waals surface area (Å²) in [6.45, 7) is 1.52. The highest BCUT2D eigenvalue weighted by atomic mass is 16.5. The number of furan rings is 1. The summed E-state index contributed by atoms with van der Waals surface area (Å²) in [5.41, 5.74) is 3.27. The molecule has 1 aromatic heterocycles. The molecule has 0 amide bonds. The van der Waals surface area contributed by atoms with Gasteiger partial charge in [-0.15, -0.1) is 0 Å². The second-order valence-corrected chi connectivity index (χ2v) is 5.39. The second kappa shape index (κ2) is 6.06. The van der Waals surface area contributed by atoms with Crippen LogP contribution in [0, 0.1) is 0 Å². The summed E-state index contributed by atoms with van der Waals surface area (Å²) >= 11 is 0. The summed E-state index contributed by atoms with van der Waals surface area (Å²) in [7, 11) is 1.67. The molecule has 0 aliphatic rings. The van der Waals surface area contributed by atoms with Crippen molar-refractivity contribution in [3.8, 4) is 5.75 Å². The predicted molar refractivity (Wildman–Crippen MR) is 86.6 cm³/mol. The van der Waals surface area contributed by atoms with Crippen molar-refractivity contribution < 1.29 is 13.9 Å². The molecule has 0 aliphatic carbocycles. The minimum atomic E-state index is -0.0454. The molecule has 0 unspecified atom stereocenters. The highest BCUT2D eigenvalue weighted by molar-refractivity contribution is 5.96. The second-order valence-electron chi connectivity index (χ2n) is 5.39. The monoisotopic (exact) mass is 294 g/mol. The van der Waals surface area contributed by atoms with Crippen LogP contribution in [0.15, 0.2) is 52.9 Å². The summed E-state index contributed by atoms with van der Waals surface area (Å²) < 4.78 is 10.7. The molecule has 0 atom stereocenters. The molecule has 0 aliphatic heterocycles. The van der Waals surface area contributed by atoms with Crippen LogP contribution in [-0.4, -0.2) is 12.9 Å². The van der Waals surface area contributed by atoms with Gasteiger partial charge in [-0.2, -0.15) is 0 Å². The Balaban J connectivity index is 1.74. The van der Waals surface area contributed by atoms with Gasteiger partial charge in [-0.3, -0.25) is 4.79 Å². The first-order valence-corrected chi connectivity index (χ1v) is 7.32. The molecule has 0 saturated carbocycles. The Morgan fingerprint density at radius 2 is 1.68 bits per heavy atom. The number of hydrogen-bond donors (Lipinski definition) is 0. The van der Waals surface area contributed by atoms with Gasteiger partial charge in [-0.25, -0.2) is 0 Å². The molecule has 3 nitrogen and oxygen atoms in total. The topological polar surface area (TPSA) is 39.4 Å². The quantitative estimate of drug-likeness (QED) is 0.653. The molecular formula is C19H18O3. The zero-order valence-electron chi connectivity index (χ0n) is 12.8. The van der Waals surface area contributed by atoms with E-state index in [-0.39, 0.29) is 5.78 Å². The van der Waals surface area contributed by atoms with E-state index >= 15 is 0 Å². The van der Waals surface area contributed by atoms with Gasteiger partial charge in [0.05, 0.1) is 7.11 Å². The average molecular weight is 294 g/mol. The van der Waals surface area contributed by atoms with Gasteiger partial charge < -0.3 is 9.15 Å². The molecule has 3 heteroatoms. The highest BCUT2D eigenvalue weighted by Crippen LogP contribution is 2.22. The first-order valence-electron chi connectivity index (χ1n) is 7.32. The van der Waals surface area contributed by atoms with E-state index in [1.807, 2.05) is 24.3 Å². The molecule has 22 heavy (non-hydrogen) atoms. The van der Waals surface area contributed by atoms with E-state index < -0.39 is 0 Å². The maximum absolute atomic E-state index is 11.4. The molecule has 1 heterocycles. The Morgan fingerprint density at radius 3 is 2.36 bits per heavy atom. The Labute approximate surface area is 129 Å². The van der Waals surface area contributed by atoms with Crippen LogP contribution in [0.1, 0.15) is 28.6 Å². The molecule has 3 rings (SSSR count). The van der Waals surface area contributed by atoms with Gasteiger partial charge in [0.25, 0.3) is 0 Å². The lowest BCUT2D eigenvalue weighted by Gasteiger charge is -2.04. The molecule has 0 fully saturated rings. The van der Waals surface area contributed by atoms with Crippen LogP contribution in [-0.2, 0) is 12.8 Å². The van der Waals surface area contributed by atoms with Crippen LogP contribution in [0.4, 0.5) is 0 Å². The number of aryl methyl sites for hydroxylation is 2. The van der Waals surface area contributed by atoms with Crippen LogP contribution in [0.5, 0.6) is 5.75 Å². The van der Waals surface area contributed by atoms with E-state index in [0.29, 0.717) is 5.76 Å². The van der Waals surface area contributed by atoms with Crippen molar-refractivity contribution in [2.75, 3.05) is 7.11 Å². The normalized spacial score (nSPS) is 10.8. The largest absolute Gasteiger partial charge is 0.497 e. The highest BCUT2D eigenvalue weighted by Gasteiger charge is 2.08. The van der Waals surface area contributed by atoms with Gasteiger partial charge in [0.2, 0.25) is 0 Å². The minimum absolute atomic E-state index is 0.0454. The van der Waals surface area contributed by atoms with E-state index in [2.05, 4.69) is 24.3 Å². The third kappa shape index (κ3) is 3.03. The maximum atomic E-state index is 11.4. The lowest BCUT2D eigenvalue weighted by atomic mass is 10.0. The van der Waals surface area contributed by atoms with Crippen LogP contribution < -0.4 is 4.74 Å². The van der Waals surface area contributed by atoms with Crippen LogP contribution in [0.3, 0.4) is 0 Å². The summed E-state index contributed by atoms with van der Waals surface area (Å²) in [6, 6.07) is 16.0. The number of ketones is 1. The number of hydrogen-bond acceptors (Lipinski definition) is 3. The van der Waals surface area contributed by atoms with E-state index in [9.17, 15) is 4.79 Å². The third-order valence-electron chi connectivity index (χ3n) is 3.79. The summed E-state index contributed by atoms with van der Waals surface area (Å²) in [4.78, 5) is 11.4. The molecule has 3 aromatic rings. The maximum Gasteiger partial charge on any atom is 0.194 e. The average Bonchev–Trinajstić information content (AvgIpc) is 2.97. The van der Waals surface area contributed by atoms with Crippen molar-refractivity contribution in [3.63, 3.8) is 0 Å². The van der Waals surface area contributed by atoms with Gasteiger partial charge in [0.1, 0.15) is 11.3 Å². The Morgan fingerprint density at radius 1 is 1.00 bits per heavy atom. The van der Waals surface area contributed by atoms with Crippen molar-refractivity contribution >= 4 is 16.8 Å². The van der Waals surface area contributed by atoms with Gasteiger partial charge >= 0.3 is 0 Å². The predicted octanol–water partition coefficient (Wildman–Crippen LogP) is 4.43. The first-order chi connectivity index (χ1) is 10.7. The number of rotatable bonds is 5. The van der Waals surface area contributed by atoms with Crippen molar-refractivity contribution in [2.24, 2.45) is 0 Å². The van der Waals surface area contributed by atoms with Crippen LogP contribution in [0.25, 0.3) is 11.0 Å². The smallest absolute Gasteiger partial charge is 0.194 e. The van der Waals surface area contributed by atoms with Crippen molar-refractivity contribution in [1.82, 2.24) is 0 Å². The number of fused-ring (bicyclic) bond motifs is 1. The summed E-state index contributed by atoms with van der Waals surface area (Å²) in [6.07, 6.45) is 1.91. The lowest BCUT2D eigenvalue weighted by Crippen LogP contribution is -1.91. The zero-order chi connectivity index (χ0) is 15.5. The molecule has 0 saturated heterocycles. The number of carbonyl (C=O) groups excluding carboxylic acids is 1. The molecule has 2 aromatic carbocycles. The third-order valence-corrected chi connectivity index (χ3v) is 3.79. The molecular weight excluding hydrogens is 276 g/mol. The standard InChI is InChI=1S/C19H18O3/c1-13(20)19-12-16-11-15(7-10-18(16)22-19)4-3-14-5-8-17(21-2)9-6-14/h5-12H,3-4H2,1-2H3. The van der Waals surface area contributed by atoms with E-state index in [1.54, 1.807) is 7.11 Å². The number of carbonyl (C=O) groups is 1. The van der Waals surface area contributed by atoms with Gasteiger partial charge in [0, 0.05) is 12.3 Å². The zero-order valence-corrected chi connectivity index (χ0v) is 12.8. The van der Waals surface area contributed by atoms with Gasteiger partial charge in [-0.1, -0.05) is 18.2 Å². The fraction of sp³-hybridized carbons (Fsp3) is 0.211. The Hall–Kier alpha value is -2.55. The van der Waals surface area contributed by atoms with Crippen molar-refractivity contribution in [2.45, 2.75) is 19.8 Å². The number of benzene rings is 2. The molecule has 0 spiro atoms. The van der Waals surface area contributed by atoms with E-state index in [0.717, 1.165) is 29.6 Å². The van der Waals surface area contributed by atoms with Gasteiger partial charge in [-0.05, 0) is 54.3 Å². The van der Waals surface area contributed by atoms with Crippen molar-refractivity contribution in [3.05, 3.63) is 65.4 Å². The molecule has 0 N–H and O–H groups in total. The minimum Gasteiger partial charge on any atom is -0.497 e. The SMILES string of the molecule is COc1ccc(CCc2ccc3oc(C(C)=O)cc3c2)cc1. The Kier molecular flexibility index (Phi) is 3.96. The van der Waals surface area contributed by atoms with Gasteiger partial charge in [0.15, 0.2) is 11.5 Å². The molecule has 0 bridgehead atoms. The number of methoxy groups -OCH3 is 1. The summed E-state index contributed by atoms with van der Waals surface area (Å²) in [5.74, 6) is 1.25. The van der Waals surface area contributed by atoms with Crippen molar-refractivity contribution in [1.29, 1.82) is 0 Å². The first kappa shape index (κ1) is 14.4. The van der Waals surface area contributed by atoms with E-state index in [4.69, 9.17) is 9.15 Å². The van der Waals surface area contributed by atoms with Crippen LogP contribution >= 0.6 is 0 Å². The molecule has 0 radical (unpaired) electrons. The lowest BCUT2D eigenvalue weighted by molar-refractivity contribution is 0.0989. The number of Topliss-reactive ketones (excluding diaryl/α,β-unsaturated/α-hetero) is 1. The fourth-order valence-corrected chi connectivity index (χ4v) is 2.50. The molecule has 112 valence electrons. The number of ether oxygens (including phenoxy) is 1. The van der Waals surface area contributed by atoms with E-state index in [1.165, 1.54) is 18.1 Å². The van der Waals surface area contributed by atoms with Crippen LogP contribution in [0.2, 0.25) is 0 Å². The summed E-state index contributed by atoms with van der Waals surface area (Å²) in [5, 5.41) is 0.984.